The van der Waals surface area contributed by atoms with Gasteiger partial charge >= 0.3 is 6.18 Å². The number of hydrogen-bond acceptors (Lipinski definition) is 3. The second-order valence-electron chi connectivity index (χ2n) is 2.59. The summed E-state index contributed by atoms with van der Waals surface area (Å²) in [7, 11) is 1.59. The number of aliphatic imine (C=N–C) groups is 1. The van der Waals surface area contributed by atoms with Gasteiger partial charge in [-0.1, -0.05) is 0 Å². The molecule has 0 radical (unpaired) electrons. The predicted molar refractivity (Wildman–Crippen MR) is 47.5 cm³/mol. The van der Waals surface area contributed by atoms with Crippen molar-refractivity contribution >= 4 is 11.9 Å². The van der Waals surface area contributed by atoms with Crippen LogP contribution in [0.2, 0.25) is 0 Å². The Hall–Kier alpha value is -1.59. The molecule has 0 spiro atoms. The molecule has 0 aliphatic carbocycles. The van der Waals surface area contributed by atoms with Crippen LogP contribution in [0, 0.1) is 5.41 Å². The smallest absolute Gasteiger partial charge is 0.393 e. The highest BCUT2D eigenvalue weighted by atomic mass is 19.4. The van der Waals surface area contributed by atoms with Crippen LogP contribution in [0.25, 0.3) is 0 Å². The number of nitrogens with one attached hydrogen (secondary N) is 2. The quantitative estimate of drug-likeness (QED) is 0.668. The molecular weight excluding hydrogens is 195 g/mol. The van der Waals surface area contributed by atoms with Gasteiger partial charge in [-0.3, -0.25) is 4.99 Å². The van der Waals surface area contributed by atoms with Gasteiger partial charge in [0.25, 0.3) is 0 Å². The summed E-state index contributed by atoms with van der Waals surface area (Å²) in [4.78, 5) is 3.21. The lowest BCUT2D eigenvalue weighted by molar-refractivity contribution is -0.0922. The van der Waals surface area contributed by atoms with E-state index in [1.165, 1.54) is 6.20 Å². The average molecular weight is 203 g/mol. The summed E-state index contributed by atoms with van der Waals surface area (Å²) in [6.07, 6.45) is -1.37. The first kappa shape index (κ1) is 10.5. The van der Waals surface area contributed by atoms with E-state index in [0.717, 1.165) is 6.21 Å². The van der Waals surface area contributed by atoms with Crippen LogP contribution in [0.3, 0.4) is 0 Å². The first-order chi connectivity index (χ1) is 6.45. The molecule has 0 bridgehead atoms. The van der Waals surface area contributed by atoms with Gasteiger partial charge in [0.15, 0.2) is 0 Å². The molecule has 2 N–H and O–H groups in total. The van der Waals surface area contributed by atoms with Gasteiger partial charge in [0, 0.05) is 25.0 Å². The van der Waals surface area contributed by atoms with Crippen molar-refractivity contribution in [3.8, 4) is 0 Å². The molecule has 1 rings (SSSR count). The van der Waals surface area contributed by atoms with E-state index in [1.54, 1.807) is 7.05 Å². The summed E-state index contributed by atoms with van der Waals surface area (Å²) in [6.45, 7) is 0. The molecule has 0 atom stereocenters. The Morgan fingerprint density at radius 3 is 2.57 bits per heavy atom. The average Bonchev–Trinajstić information content (AvgIpc) is 2.07. The van der Waals surface area contributed by atoms with Crippen LogP contribution >= 0.6 is 0 Å². The van der Waals surface area contributed by atoms with Gasteiger partial charge in [-0.2, -0.15) is 13.2 Å². The van der Waals surface area contributed by atoms with Crippen LogP contribution in [0.1, 0.15) is 0 Å². The summed E-state index contributed by atoms with van der Waals surface area (Å²) in [6, 6.07) is 0. The normalized spacial score (nSPS) is 19.9. The Kier molecular flexibility index (Phi) is 2.73. The highest BCUT2D eigenvalue weighted by molar-refractivity contribution is 6.21. The largest absolute Gasteiger partial charge is 0.433 e. The molecule has 0 fully saturated rings. The maximum atomic E-state index is 12.1. The number of alkyl halides is 3. The van der Waals surface area contributed by atoms with Crippen molar-refractivity contribution in [1.29, 1.82) is 5.41 Å². The minimum Gasteiger partial charge on any atom is -0.393 e. The minimum atomic E-state index is -4.49. The fourth-order valence-electron chi connectivity index (χ4n) is 0.891. The molecule has 0 saturated heterocycles. The maximum Gasteiger partial charge on any atom is 0.433 e. The van der Waals surface area contributed by atoms with E-state index in [1.807, 2.05) is 0 Å². The number of nitrogens with zero attached hydrogens (tertiary/aromatic N) is 1. The van der Waals surface area contributed by atoms with Crippen molar-refractivity contribution in [3.63, 3.8) is 0 Å². The predicted octanol–water partition coefficient (Wildman–Crippen LogP) is 1.64. The number of halogens is 3. The van der Waals surface area contributed by atoms with E-state index < -0.39 is 11.9 Å². The molecule has 1 aliphatic heterocycles. The summed E-state index contributed by atoms with van der Waals surface area (Å²) >= 11 is 0. The summed E-state index contributed by atoms with van der Waals surface area (Å²) in [5, 5.41) is 9.90. The number of rotatable bonds is 1. The van der Waals surface area contributed by atoms with E-state index in [2.05, 4.69) is 10.3 Å². The third-order valence-electron chi connectivity index (χ3n) is 1.53. The molecule has 3 nitrogen and oxygen atoms in total. The Morgan fingerprint density at radius 2 is 2.14 bits per heavy atom. The molecule has 1 heterocycles. The SMILES string of the molecule is CN/C=C1/C=NC(C(F)(F)F)=CC1=N. The molecule has 0 aromatic heterocycles. The Balaban J connectivity index is 2.94. The van der Waals surface area contributed by atoms with E-state index in [-0.39, 0.29) is 5.71 Å². The highest BCUT2D eigenvalue weighted by Gasteiger charge is 2.35. The molecule has 76 valence electrons. The fourth-order valence-corrected chi connectivity index (χ4v) is 0.891. The monoisotopic (exact) mass is 203 g/mol. The van der Waals surface area contributed by atoms with Crippen molar-refractivity contribution < 1.29 is 13.2 Å². The topological polar surface area (TPSA) is 48.2 Å². The third kappa shape index (κ3) is 2.21. The standard InChI is InChI=1S/C8H8F3N3/c1-13-3-5-4-14-7(2-6(5)12)8(9,10)11/h2-4,12-13H,1H3/b5-3-,12-6?. The zero-order chi connectivity index (χ0) is 10.8. The highest BCUT2D eigenvalue weighted by Crippen LogP contribution is 2.28. The van der Waals surface area contributed by atoms with Gasteiger partial charge < -0.3 is 10.7 Å². The molecule has 0 aromatic rings. The second-order valence-corrected chi connectivity index (χ2v) is 2.59. The Bertz CT molecular complexity index is 336. The van der Waals surface area contributed by atoms with Gasteiger partial charge in [-0.15, -0.1) is 0 Å². The van der Waals surface area contributed by atoms with Crippen LogP contribution in [0.5, 0.6) is 0 Å². The first-order valence-corrected chi connectivity index (χ1v) is 3.74. The van der Waals surface area contributed by atoms with Crippen molar-refractivity contribution in [2.75, 3.05) is 7.05 Å². The van der Waals surface area contributed by atoms with E-state index in [9.17, 15) is 13.2 Å². The van der Waals surface area contributed by atoms with Crippen LogP contribution < -0.4 is 5.32 Å². The lowest BCUT2D eigenvalue weighted by atomic mass is 10.1. The lowest BCUT2D eigenvalue weighted by Crippen LogP contribution is -2.17. The zero-order valence-electron chi connectivity index (χ0n) is 7.31. The van der Waals surface area contributed by atoms with Crippen molar-refractivity contribution in [2.45, 2.75) is 6.18 Å². The summed E-state index contributed by atoms with van der Waals surface area (Å²) in [5.74, 6) is 0. The Morgan fingerprint density at radius 1 is 1.50 bits per heavy atom. The molecule has 0 aromatic carbocycles. The Labute approximate surface area is 78.5 Å². The molecule has 6 heteroatoms. The van der Waals surface area contributed by atoms with Crippen LogP contribution in [-0.4, -0.2) is 25.2 Å². The summed E-state index contributed by atoms with van der Waals surface area (Å²) in [5.41, 5.74) is -0.932. The third-order valence-corrected chi connectivity index (χ3v) is 1.53. The van der Waals surface area contributed by atoms with Gasteiger partial charge in [-0.25, -0.2) is 0 Å². The van der Waals surface area contributed by atoms with Gasteiger partial charge in [0.2, 0.25) is 0 Å². The minimum absolute atomic E-state index is 0.207. The molecule has 0 saturated carbocycles. The van der Waals surface area contributed by atoms with E-state index in [4.69, 9.17) is 5.41 Å². The lowest BCUT2D eigenvalue weighted by Gasteiger charge is -2.11. The molecular formula is C8H8F3N3. The maximum absolute atomic E-state index is 12.1. The van der Waals surface area contributed by atoms with Crippen LogP contribution in [0.15, 0.2) is 28.5 Å². The number of allylic oxidation sites excluding steroid dienone is 3. The van der Waals surface area contributed by atoms with Gasteiger partial charge in [0.1, 0.15) is 5.70 Å². The second kappa shape index (κ2) is 3.65. The molecule has 0 amide bonds. The van der Waals surface area contributed by atoms with Gasteiger partial charge in [0.05, 0.1) is 5.71 Å². The summed E-state index contributed by atoms with van der Waals surface area (Å²) < 4.78 is 36.3. The van der Waals surface area contributed by atoms with Gasteiger partial charge in [-0.05, 0) is 6.08 Å². The van der Waals surface area contributed by atoms with Crippen molar-refractivity contribution in [1.82, 2.24) is 5.32 Å². The van der Waals surface area contributed by atoms with E-state index >= 15 is 0 Å². The fraction of sp³-hybridized carbons (Fsp3) is 0.250. The van der Waals surface area contributed by atoms with Crippen molar-refractivity contribution in [2.24, 2.45) is 4.99 Å². The first-order valence-electron chi connectivity index (χ1n) is 3.74. The molecule has 14 heavy (non-hydrogen) atoms. The zero-order valence-corrected chi connectivity index (χ0v) is 7.31. The number of hydrogen-bond donors (Lipinski definition) is 2. The van der Waals surface area contributed by atoms with E-state index in [0.29, 0.717) is 11.6 Å². The van der Waals surface area contributed by atoms with Crippen molar-refractivity contribution in [3.05, 3.63) is 23.5 Å². The van der Waals surface area contributed by atoms with Crippen LogP contribution in [0.4, 0.5) is 13.2 Å². The molecule has 1 aliphatic rings. The molecule has 0 unspecified atom stereocenters. The van der Waals surface area contributed by atoms with Crippen LogP contribution in [-0.2, 0) is 0 Å².